The Bertz CT molecular complexity index is 271. The molecule has 0 atom stereocenters. The fraction of sp³-hybridized carbons (Fsp3) is 0.400. The van der Waals surface area contributed by atoms with E-state index in [4.69, 9.17) is 0 Å². The summed E-state index contributed by atoms with van der Waals surface area (Å²) in [5.41, 5.74) is 1.23. The van der Waals surface area contributed by atoms with E-state index in [1.807, 2.05) is 13.1 Å². The summed E-state index contributed by atoms with van der Waals surface area (Å²) in [6.07, 6.45) is 5.10. The average molecular weight is 537 g/mol. The fourth-order valence-electron chi connectivity index (χ4n) is 0.748. The van der Waals surface area contributed by atoms with Crippen molar-refractivity contribution in [2.24, 2.45) is 0 Å². The van der Waals surface area contributed by atoms with Gasteiger partial charge in [0.1, 0.15) is 0 Å². The summed E-state index contributed by atoms with van der Waals surface area (Å²) in [7, 11) is 0. The zero-order chi connectivity index (χ0) is 10.3. The Morgan fingerprint density at radius 3 is 2.07 bits per heavy atom. The largest absolute Gasteiger partial charge is 0 e. The molecule has 0 aromatic carbocycles. The van der Waals surface area contributed by atoms with Crippen LogP contribution in [0.15, 0.2) is 12.3 Å². The Morgan fingerprint density at radius 2 is 1.87 bits per heavy atom. The summed E-state index contributed by atoms with van der Waals surface area (Å²) in [5, 5.41) is 0. The van der Waals surface area contributed by atoms with E-state index >= 15 is 0 Å². The van der Waals surface area contributed by atoms with E-state index in [0.29, 0.717) is 5.92 Å². The van der Waals surface area contributed by atoms with Gasteiger partial charge in [0, 0.05) is 49.7 Å². The fourth-order valence-corrected chi connectivity index (χ4v) is 0.931. The topological polar surface area (TPSA) is 4.93 Å². The summed E-state index contributed by atoms with van der Waals surface area (Å²) in [5.74, 6) is 0.557. The van der Waals surface area contributed by atoms with Gasteiger partial charge in [-0.05, 0) is 0 Å². The monoisotopic (exact) mass is 537 g/mol. The molecule has 0 N–H and O–H groups in total. The first-order chi connectivity index (χ1) is 6.15. The van der Waals surface area contributed by atoms with Gasteiger partial charge in [0.05, 0.1) is 0 Å². The summed E-state index contributed by atoms with van der Waals surface area (Å²) < 4.78 is 4.49. The first-order valence-corrected chi connectivity index (χ1v) is 5.36. The molecule has 1 heterocycles. The molecule has 15 heavy (non-hydrogen) atoms. The maximum absolute atomic E-state index is 3.15. The molecule has 1 radical (unpaired) electrons. The summed E-state index contributed by atoms with van der Waals surface area (Å²) >= 11 is 4.50. The third kappa shape index (κ3) is 10.7. The third-order valence-electron chi connectivity index (χ3n) is 1.38. The van der Waals surface area contributed by atoms with E-state index < -0.39 is 0 Å². The molecule has 1 aromatic rings. The zero-order valence-corrected chi connectivity index (χ0v) is 17.4. The SMILES string of the molecule is CC(C)c1[c-]n([C-]=[V])cc1.C[C-]=[V].[U].[V]. The molecule has 0 aliphatic heterocycles. The first kappa shape index (κ1) is 22.0. The minimum absolute atomic E-state index is 0. The van der Waals surface area contributed by atoms with Crippen LogP contribution >= 0.6 is 0 Å². The summed E-state index contributed by atoms with van der Waals surface area (Å²) in [6.45, 7) is 6.15. The van der Waals surface area contributed by atoms with Crippen LogP contribution in [0.4, 0.5) is 0 Å². The van der Waals surface area contributed by atoms with Crippen LogP contribution in [0, 0.1) is 37.3 Å². The molecule has 5 heteroatoms. The molecule has 1 rings (SSSR count). The van der Waals surface area contributed by atoms with Crippen LogP contribution < -0.4 is 0 Å². The van der Waals surface area contributed by atoms with Gasteiger partial charge in [-0.15, -0.1) is 0 Å². The molecule has 0 amide bonds. The van der Waals surface area contributed by atoms with Crippen LogP contribution in [0.25, 0.3) is 0 Å². The van der Waals surface area contributed by atoms with Crippen molar-refractivity contribution in [3.8, 4) is 0 Å². The van der Waals surface area contributed by atoms with Crippen LogP contribution in [0.3, 0.4) is 0 Å². The minimum Gasteiger partial charge on any atom is 0 e. The van der Waals surface area contributed by atoms with Crippen molar-refractivity contribution in [1.29, 1.82) is 0 Å². The van der Waals surface area contributed by atoms with Gasteiger partial charge >= 0.3 is 98.8 Å². The molecule has 0 saturated carbocycles. The number of nitrogens with zero attached hydrogens (tertiary/aromatic N) is 1. The Hall–Kier alpha value is 1.83. The maximum Gasteiger partial charge on any atom is 0 e. The van der Waals surface area contributed by atoms with Crippen molar-refractivity contribution in [3.63, 3.8) is 0 Å². The molecule has 0 saturated heterocycles. The molecule has 1 aromatic heterocycles. The Balaban J connectivity index is -0.000000260. The molecule has 0 bridgehead atoms. The van der Waals surface area contributed by atoms with Crippen molar-refractivity contribution < 1.29 is 83.6 Å². The molecular formula is C10H12NUV3-3. The second-order valence-corrected chi connectivity index (χ2v) is 3.74. The number of hydrogen-bond acceptors (Lipinski definition) is 0. The second-order valence-electron chi connectivity index (χ2n) is 2.73. The van der Waals surface area contributed by atoms with Crippen molar-refractivity contribution in [2.45, 2.75) is 26.7 Å². The molecular weight excluding hydrogens is 525 g/mol. The van der Waals surface area contributed by atoms with Gasteiger partial charge in [-0.1, -0.05) is 0 Å². The Morgan fingerprint density at radius 1 is 1.40 bits per heavy atom. The van der Waals surface area contributed by atoms with Crippen molar-refractivity contribution in [1.82, 2.24) is 4.57 Å². The smallest absolute Gasteiger partial charge is 0 e. The van der Waals surface area contributed by atoms with Crippen LogP contribution in [-0.4, -0.2) is 14.1 Å². The second kappa shape index (κ2) is 13.9. The number of rotatable bonds is 2. The van der Waals surface area contributed by atoms with Gasteiger partial charge in [0.25, 0.3) is 0 Å². The van der Waals surface area contributed by atoms with Crippen molar-refractivity contribution in [2.75, 3.05) is 0 Å². The normalized spacial score (nSPS) is 7.60. The average Bonchev–Trinajstić information content (AvgIpc) is 2.53. The Kier molecular flexibility index (Phi) is 20.4. The van der Waals surface area contributed by atoms with Crippen molar-refractivity contribution >= 4 is 9.58 Å². The zero-order valence-electron chi connectivity index (χ0n) is 9.02. The van der Waals surface area contributed by atoms with Crippen LogP contribution in [0.5, 0.6) is 0 Å². The molecule has 0 spiro atoms. The van der Waals surface area contributed by atoms with Gasteiger partial charge in [-0.3, -0.25) is 0 Å². The number of aromatic nitrogens is 1. The maximum atomic E-state index is 3.15. The van der Waals surface area contributed by atoms with Gasteiger partial charge in [-0.2, -0.15) is 0 Å². The van der Waals surface area contributed by atoms with E-state index in [1.165, 1.54) is 5.56 Å². The molecule has 0 aliphatic rings. The van der Waals surface area contributed by atoms with E-state index in [2.05, 4.69) is 69.7 Å². The van der Waals surface area contributed by atoms with Gasteiger partial charge in [0.2, 0.25) is 0 Å². The molecule has 0 fully saturated rings. The van der Waals surface area contributed by atoms with Gasteiger partial charge in [-0.25, -0.2) is 0 Å². The quantitative estimate of drug-likeness (QED) is 0.507. The van der Waals surface area contributed by atoms with E-state index in [9.17, 15) is 0 Å². The predicted octanol–water partition coefficient (Wildman–Crippen LogP) is 1.67. The standard InChI is InChI=1S/C8H9N.C2H3.U.3V/c1-7(2)8-4-5-9(3)6-8;1-2;;;;/h4-5,7H,1-2H3;1H3;;;;/q-2;-1;;;;. The van der Waals surface area contributed by atoms with E-state index in [-0.39, 0.29) is 49.7 Å². The van der Waals surface area contributed by atoms with E-state index in [1.54, 1.807) is 4.57 Å². The molecule has 0 unspecified atom stereocenters. The minimum atomic E-state index is 0. The predicted molar refractivity (Wildman–Crippen MR) is 48.4 cm³/mol. The van der Waals surface area contributed by atoms with Crippen LogP contribution in [0.2, 0.25) is 0 Å². The molecule has 0 aliphatic carbocycles. The first-order valence-electron chi connectivity index (χ1n) is 3.97. The molecule has 79 valence electrons. The van der Waals surface area contributed by atoms with E-state index in [0.717, 1.165) is 0 Å². The number of hydrogen-bond donors (Lipinski definition) is 0. The van der Waals surface area contributed by atoms with Crippen molar-refractivity contribution in [3.05, 3.63) is 24.0 Å². The Labute approximate surface area is 146 Å². The van der Waals surface area contributed by atoms with Gasteiger partial charge in [0.15, 0.2) is 0 Å². The van der Waals surface area contributed by atoms with Crippen LogP contribution in [0.1, 0.15) is 32.3 Å². The summed E-state index contributed by atoms with van der Waals surface area (Å²) in [4.78, 5) is 2.90. The molecule has 1 nitrogen and oxygen atoms in total. The van der Waals surface area contributed by atoms with Gasteiger partial charge < -0.3 is 0 Å². The third-order valence-corrected chi connectivity index (χ3v) is 1.72. The van der Waals surface area contributed by atoms with Crippen LogP contribution in [-0.2, 0) is 52.5 Å². The summed E-state index contributed by atoms with van der Waals surface area (Å²) in [6, 6.07) is 2.06.